The van der Waals surface area contributed by atoms with E-state index >= 15 is 0 Å². The van der Waals surface area contributed by atoms with E-state index in [1.165, 1.54) is 35.7 Å². The monoisotopic (exact) mass is 331 g/mol. The molecule has 1 aromatic rings. The Labute approximate surface area is 111 Å². The first-order valence-electron chi connectivity index (χ1n) is 6.05. The molecule has 1 atom stereocenters. The van der Waals surface area contributed by atoms with Crippen molar-refractivity contribution in [1.82, 2.24) is 9.97 Å². The van der Waals surface area contributed by atoms with E-state index in [-0.39, 0.29) is 0 Å². The lowest BCUT2D eigenvalue weighted by atomic mass is 10.1. The lowest BCUT2D eigenvalue weighted by Crippen LogP contribution is -2.35. The maximum atomic E-state index is 4.45. The van der Waals surface area contributed by atoms with Gasteiger partial charge in [0.2, 0.25) is 0 Å². The summed E-state index contributed by atoms with van der Waals surface area (Å²) < 4.78 is 1.17. The molecule has 1 saturated heterocycles. The average molecular weight is 331 g/mol. The third kappa shape index (κ3) is 2.64. The van der Waals surface area contributed by atoms with Crippen molar-refractivity contribution in [2.45, 2.75) is 45.1 Å². The molecule has 3 nitrogen and oxygen atoms in total. The lowest BCUT2D eigenvalue weighted by Gasteiger charge is -2.30. The van der Waals surface area contributed by atoms with E-state index < -0.39 is 0 Å². The van der Waals surface area contributed by atoms with Crippen molar-refractivity contribution in [1.29, 1.82) is 0 Å². The standard InChI is InChI=1S/C12H18IN3/c1-2-10-6-4-3-5-7-16(10)12-11(13)8-14-9-15-12/h8-10H,2-7H2,1H3. The molecule has 0 aromatic carbocycles. The van der Waals surface area contributed by atoms with Crippen LogP contribution in [-0.2, 0) is 0 Å². The number of rotatable bonds is 2. The summed E-state index contributed by atoms with van der Waals surface area (Å²) in [4.78, 5) is 11.0. The first kappa shape index (κ1) is 12.1. The van der Waals surface area contributed by atoms with Crippen LogP contribution in [0.4, 0.5) is 5.82 Å². The highest BCUT2D eigenvalue weighted by molar-refractivity contribution is 14.1. The molecule has 1 aliphatic heterocycles. The topological polar surface area (TPSA) is 29.0 Å². The van der Waals surface area contributed by atoms with Crippen LogP contribution in [0.5, 0.6) is 0 Å². The minimum Gasteiger partial charge on any atom is -0.353 e. The Hall–Kier alpha value is -0.390. The normalized spacial score (nSPS) is 21.9. The molecule has 0 bridgehead atoms. The largest absolute Gasteiger partial charge is 0.353 e. The van der Waals surface area contributed by atoms with Crippen molar-refractivity contribution < 1.29 is 0 Å². The van der Waals surface area contributed by atoms with Crippen molar-refractivity contribution >= 4 is 28.4 Å². The van der Waals surface area contributed by atoms with Crippen LogP contribution in [0.3, 0.4) is 0 Å². The van der Waals surface area contributed by atoms with Crippen LogP contribution < -0.4 is 4.90 Å². The molecular weight excluding hydrogens is 313 g/mol. The summed E-state index contributed by atoms with van der Waals surface area (Å²) >= 11 is 2.34. The summed E-state index contributed by atoms with van der Waals surface area (Å²) in [5, 5.41) is 0. The van der Waals surface area contributed by atoms with E-state index in [4.69, 9.17) is 0 Å². The molecule has 2 rings (SSSR count). The van der Waals surface area contributed by atoms with Crippen LogP contribution in [0.2, 0.25) is 0 Å². The quantitative estimate of drug-likeness (QED) is 0.779. The highest BCUT2D eigenvalue weighted by Gasteiger charge is 2.22. The first-order chi connectivity index (χ1) is 7.83. The second-order valence-corrected chi connectivity index (χ2v) is 5.46. The molecule has 1 fully saturated rings. The fourth-order valence-corrected chi connectivity index (χ4v) is 3.01. The zero-order valence-corrected chi connectivity index (χ0v) is 11.9. The van der Waals surface area contributed by atoms with Crippen LogP contribution in [0.25, 0.3) is 0 Å². The van der Waals surface area contributed by atoms with Gasteiger partial charge in [0.25, 0.3) is 0 Å². The van der Waals surface area contributed by atoms with Gasteiger partial charge < -0.3 is 4.90 Å². The van der Waals surface area contributed by atoms with Gasteiger partial charge >= 0.3 is 0 Å². The number of aromatic nitrogens is 2. The Morgan fingerprint density at radius 2 is 2.31 bits per heavy atom. The van der Waals surface area contributed by atoms with Gasteiger partial charge in [-0.05, 0) is 41.9 Å². The highest BCUT2D eigenvalue weighted by Crippen LogP contribution is 2.27. The van der Waals surface area contributed by atoms with Crippen molar-refractivity contribution in [2.75, 3.05) is 11.4 Å². The second kappa shape index (κ2) is 5.80. The smallest absolute Gasteiger partial charge is 0.145 e. The molecule has 0 amide bonds. The molecule has 1 aromatic heterocycles. The zero-order chi connectivity index (χ0) is 11.4. The molecule has 0 spiro atoms. The van der Waals surface area contributed by atoms with Crippen molar-refractivity contribution in [3.63, 3.8) is 0 Å². The molecule has 2 heterocycles. The molecule has 4 heteroatoms. The van der Waals surface area contributed by atoms with Crippen molar-refractivity contribution in [2.24, 2.45) is 0 Å². The number of hydrogen-bond donors (Lipinski definition) is 0. The summed E-state index contributed by atoms with van der Waals surface area (Å²) in [6.07, 6.45) is 10.1. The minimum absolute atomic E-state index is 0.658. The summed E-state index contributed by atoms with van der Waals surface area (Å²) in [5.74, 6) is 1.13. The van der Waals surface area contributed by atoms with Gasteiger partial charge in [0, 0.05) is 18.8 Å². The van der Waals surface area contributed by atoms with Crippen LogP contribution in [-0.4, -0.2) is 22.6 Å². The van der Waals surface area contributed by atoms with Crippen molar-refractivity contribution in [3.8, 4) is 0 Å². The summed E-state index contributed by atoms with van der Waals surface area (Å²) in [7, 11) is 0. The molecule has 0 aliphatic carbocycles. The summed E-state index contributed by atoms with van der Waals surface area (Å²) in [6.45, 7) is 3.42. The Morgan fingerprint density at radius 1 is 1.44 bits per heavy atom. The molecule has 1 unspecified atom stereocenters. The van der Waals surface area contributed by atoms with E-state index in [0.717, 1.165) is 12.4 Å². The Morgan fingerprint density at radius 3 is 3.06 bits per heavy atom. The lowest BCUT2D eigenvalue weighted by molar-refractivity contribution is 0.551. The molecule has 1 aliphatic rings. The number of hydrogen-bond acceptors (Lipinski definition) is 3. The van der Waals surface area contributed by atoms with Crippen LogP contribution >= 0.6 is 22.6 Å². The second-order valence-electron chi connectivity index (χ2n) is 4.30. The van der Waals surface area contributed by atoms with Crippen molar-refractivity contribution in [3.05, 3.63) is 16.1 Å². The van der Waals surface area contributed by atoms with Crippen LogP contribution in [0.1, 0.15) is 39.0 Å². The van der Waals surface area contributed by atoms with Gasteiger partial charge in [-0.15, -0.1) is 0 Å². The van der Waals surface area contributed by atoms with Crippen LogP contribution in [0.15, 0.2) is 12.5 Å². The molecule has 0 N–H and O–H groups in total. The highest BCUT2D eigenvalue weighted by atomic mass is 127. The zero-order valence-electron chi connectivity index (χ0n) is 9.69. The third-order valence-corrected chi connectivity index (χ3v) is 4.03. The van der Waals surface area contributed by atoms with E-state index in [2.05, 4.69) is 44.4 Å². The predicted molar refractivity (Wildman–Crippen MR) is 74.6 cm³/mol. The number of anilines is 1. The van der Waals surface area contributed by atoms with Gasteiger partial charge in [0.05, 0.1) is 3.57 Å². The Balaban J connectivity index is 2.25. The fourth-order valence-electron chi connectivity index (χ4n) is 2.40. The average Bonchev–Trinajstić information content (AvgIpc) is 2.54. The Bertz CT molecular complexity index is 343. The van der Waals surface area contributed by atoms with E-state index in [1.807, 2.05) is 6.20 Å². The van der Waals surface area contributed by atoms with E-state index in [0.29, 0.717) is 6.04 Å². The summed E-state index contributed by atoms with van der Waals surface area (Å²) in [6, 6.07) is 0.658. The first-order valence-corrected chi connectivity index (χ1v) is 7.13. The van der Waals surface area contributed by atoms with Gasteiger partial charge in [-0.2, -0.15) is 0 Å². The summed E-state index contributed by atoms with van der Waals surface area (Å²) in [5.41, 5.74) is 0. The van der Waals surface area contributed by atoms with E-state index in [1.54, 1.807) is 6.33 Å². The van der Waals surface area contributed by atoms with Gasteiger partial charge in [0.15, 0.2) is 0 Å². The number of halogens is 1. The maximum absolute atomic E-state index is 4.45. The molecule has 0 saturated carbocycles. The SMILES string of the molecule is CCC1CCCCCN1c1ncncc1I. The number of nitrogens with zero attached hydrogens (tertiary/aromatic N) is 3. The third-order valence-electron chi connectivity index (χ3n) is 3.27. The van der Waals surface area contributed by atoms with Gasteiger partial charge in [-0.1, -0.05) is 19.8 Å². The molecule has 16 heavy (non-hydrogen) atoms. The van der Waals surface area contributed by atoms with Crippen LogP contribution in [0, 0.1) is 3.57 Å². The predicted octanol–water partition coefficient (Wildman–Crippen LogP) is 3.24. The Kier molecular flexibility index (Phi) is 4.37. The van der Waals surface area contributed by atoms with E-state index in [9.17, 15) is 0 Å². The molecular formula is C12H18IN3. The van der Waals surface area contributed by atoms with Gasteiger partial charge in [-0.3, -0.25) is 0 Å². The molecule has 88 valence electrons. The maximum Gasteiger partial charge on any atom is 0.145 e. The minimum atomic E-state index is 0.658. The van der Waals surface area contributed by atoms with Gasteiger partial charge in [0.1, 0.15) is 12.1 Å². The van der Waals surface area contributed by atoms with Gasteiger partial charge in [-0.25, -0.2) is 9.97 Å². The molecule has 0 radical (unpaired) electrons. The fraction of sp³-hybridized carbons (Fsp3) is 0.667.